The topological polar surface area (TPSA) is 86.7 Å². The van der Waals surface area contributed by atoms with E-state index < -0.39 is 17.9 Å². The fraction of sp³-hybridized carbons (Fsp3) is 0.526. The molecule has 1 saturated heterocycles. The van der Waals surface area contributed by atoms with Crippen molar-refractivity contribution in [1.29, 1.82) is 0 Å². The van der Waals surface area contributed by atoms with Gasteiger partial charge in [-0.1, -0.05) is 32.4 Å². The highest BCUT2D eigenvalue weighted by molar-refractivity contribution is 6.30. The lowest BCUT2D eigenvalue weighted by Crippen LogP contribution is -2.48. The largest absolute Gasteiger partial charge is 0.481 e. The smallest absolute Gasteiger partial charge is 0.308 e. The molecule has 0 aliphatic carbocycles. The van der Waals surface area contributed by atoms with Crippen LogP contribution in [0.4, 0.5) is 0 Å². The highest BCUT2D eigenvalue weighted by Crippen LogP contribution is 2.24. The molecule has 2 N–H and O–H groups in total. The molecule has 6 nitrogen and oxygen atoms in total. The van der Waals surface area contributed by atoms with Crippen molar-refractivity contribution in [3.63, 3.8) is 0 Å². The summed E-state index contributed by atoms with van der Waals surface area (Å²) >= 11 is 5.84. The standard InChI is InChI=1S/C19H25ClN2O4/c1-11(2)8-16(21-17(23)13-4-6-14(20)7-5-13)18(24)22-9-12(3)15(10-22)19(25)26/h4-7,11-12,15-16H,8-10H2,1-3H3,(H,21,23)(H,25,26)/t12-,15-,16?/m1/s1. The van der Waals surface area contributed by atoms with Crippen molar-refractivity contribution >= 4 is 29.4 Å². The van der Waals surface area contributed by atoms with Crippen molar-refractivity contribution in [3.8, 4) is 0 Å². The zero-order valence-corrected chi connectivity index (χ0v) is 16.0. The predicted molar refractivity (Wildman–Crippen MR) is 99.0 cm³/mol. The molecule has 26 heavy (non-hydrogen) atoms. The molecule has 0 saturated carbocycles. The minimum atomic E-state index is -0.890. The van der Waals surface area contributed by atoms with Crippen LogP contribution in [0.5, 0.6) is 0 Å². The van der Waals surface area contributed by atoms with Crippen LogP contribution in [0.1, 0.15) is 37.6 Å². The van der Waals surface area contributed by atoms with Gasteiger partial charge in [-0.05, 0) is 42.5 Å². The van der Waals surface area contributed by atoms with Crippen LogP contribution in [-0.2, 0) is 9.59 Å². The number of rotatable bonds is 6. The van der Waals surface area contributed by atoms with E-state index >= 15 is 0 Å². The molecule has 0 radical (unpaired) electrons. The number of nitrogens with one attached hydrogen (secondary N) is 1. The van der Waals surface area contributed by atoms with E-state index in [9.17, 15) is 19.5 Å². The maximum absolute atomic E-state index is 12.9. The van der Waals surface area contributed by atoms with Crippen LogP contribution >= 0.6 is 11.6 Å². The normalized spacial score (nSPS) is 20.9. The molecule has 0 bridgehead atoms. The molecule has 1 heterocycles. The van der Waals surface area contributed by atoms with E-state index in [0.717, 1.165) is 0 Å². The molecule has 2 amide bonds. The summed E-state index contributed by atoms with van der Waals surface area (Å²) in [5.41, 5.74) is 0.425. The Hall–Kier alpha value is -2.08. The summed E-state index contributed by atoms with van der Waals surface area (Å²) in [5.74, 6) is -1.93. The van der Waals surface area contributed by atoms with Crippen molar-refractivity contribution in [1.82, 2.24) is 10.2 Å². The van der Waals surface area contributed by atoms with E-state index in [0.29, 0.717) is 23.6 Å². The van der Waals surface area contributed by atoms with Crippen molar-refractivity contribution < 1.29 is 19.5 Å². The summed E-state index contributed by atoms with van der Waals surface area (Å²) in [7, 11) is 0. The Morgan fingerprint density at radius 1 is 1.23 bits per heavy atom. The Morgan fingerprint density at radius 2 is 1.85 bits per heavy atom. The molecular formula is C19H25ClN2O4. The van der Waals surface area contributed by atoms with Gasteiger partial charge in [-0.3, -0.25) is 14.4 Å². The number of hydrogen-bond acceptors (Lipinski definition) is 3. The Kier molecular flexibility index (Phi) is 6.64. The second-order valence-electron chi connectivity index (χ2n) is 7.33. The van der Waals surface area contributed by atoms with Crippen molar-refractivity contribution in [2.24, 2.45) is 17.8 Å². The van der Waals surface area contributed by atoms with Crippen LogP contribution in [0.15, 0.2) is 24.3 Å². The summed E-state index contributed by atoms with van der Waals surface area (Å²) in [6.07, 6.45) is 0.487. The molecule has 7 heteroatoms. The number of carboxylic acid groups (broad SMARTS) is 1. The average molecular weight is 381 g/mol. The van der Waals surface area contributed by atoms with E-state index in [1.807, 2.05) is 20.8 Å². The lowest BCUT2D eigenvalue weighted by Gasteiger charge is -2.25. The zero-order chi connectivity index (χ0) is 19.4. The third-order valence-electron chi connectivity index (χ3n) is 4.66. The SMILES string of the molecule is CC(C)CC(NC(=O)c1ccc(Cl)cc1)C(=O)N1C[C@@H](C)[C@H](C(=O)O)C1. The fourth-order valence-electron chi connectivity index (χ4n) is 3.22. The van der Waals surface area contributed by atoms with Gasteiger partial charge in [0.15, 0.2) is 0 Å². The molecule has 0 spiro atoms. The minimum absolute atomic E-state index is 0.108. The van der Waals surface area contributed by atoms with Gasteiger partial charge in [-0.25, -0.2) is 0 Å². The lowest BCUT2D eigenvalue weighted by molar-refractivity contribution is -0.142. The summed E-state index contributed by atoms with van der Waals surface area (Å²) in [6, 6.07) is 5.77. The van der Waals surface area contributed by atoms with Gasteiger partial charge in [0, 0.05) is 23.7 Å². The third kappa shape index (κ3) is 4.97. The second-order valence-corrected chi connectivity index (χ2v) is 7.76. The van der Waals surface area contributed by atoms with E-state index in [2.05, 4.69) is 5.32 Å². The van der Waals surface area contributed by atoms with Gasteiger partial charge in [0.25, 0.3) is 5.91 Å². The van der Waals surface area contributed by atoms with Crippen LogP contribution in [0.25, 0.3) is 0 Å². The third-order valence-corrected chi connectivity index (χ3v) is 4.91. The molecular weight excluding hydrogens is 356 g/mol. The number of carboxylic acids is 1. The van der Waals surface area contributed by atoms with E-state index in [4.69, 9.17) is 11.6 Å². The second kappa shape index (κ2) is 8.54. The molecule has 1 aliphatic heterocycles. The number of nitrogens with zero attached hydrogens (tertiary/aromatic N) is 1. The first-order chi connectivity index (χ1) is 12.2. The van der Waals surface area contributed by atoms with Gasteiger partial charge in [0.2, 0.25) is 5.91 Å². The van der Waals surface area contributed by atoms with Crippen LogP contribution < -0.4 is 5.32 Å². The average Bonchev–Trinajstić information content (AvgIpc) is 2.95. The molecule has 1 aromatic rings. The van der Waals surface area contributed by atoms with Crippen LogP contribution in [-0.4, -0.2) is 46.9 Å². The Bertz CT molecular complexity index is 675. The molecule has 1 fully saturated rings. The quantitative estimate of drug-likeness (QED) is 0.794. The van der Waals surface area contributed by atoms with E-state index in [1.54, 1.807) is 29.2 Å². The fourth-order valence-corrected chi connectivity index (χ4v) is 3.35. The molecule has 1 aromatic carbocycles. The first-order valence-corrected chi connectivity index (χ1v) is 9.14. The van der Waals surface area contributed by atoms with E-state index in [-0.39, 0.29) is 30.2 Å². The molecule has 1 aliphatic rings. The van der Waals surface area contributed by atoms with Crippen molar-refractivity contribution in [3.05, 3.63) is 34.9 Å². The van der Waals surface area contributed by atoms with Gasteiger partial charge in [-0.15, -0.1) is 0 Å². The molecule has 3 atom stereocenters. The number of carbonyl (C=O) groups excluding carboxylic acids is 2. The van der Waals surface area contributed by atoms with Crippen LogP contribution in [0.3, 0.4) is 0 Å². The number of carbonyl (C=O) groups is 3. The van der Waals surface area contributed by atoms with E-state index in [1.165, 1.54) is 0 Å². The number of likely N-dealkylation sites (tertiary alicyclic amines) is 1. The maximum Gasteiger partial charge on any atom is 0.308 e. The number of halogens is 1. The lowest BCUT2D eigenvalue weighted by atomic mass is 9.99. The van der Waals surface area contributed by atoms with Gasteiger partial charge in [0.1, 0.15) is 6.04 Å². The van der Waals surface area contributed by atoms with Crippen molar-refractivity contribution in [2.75, 3.05) is 13.1 Å². The number of hydrogen-bond donors (Lipinski definition) is 2. The summed E-state index contributed by atoms with van der Waals surface area (Å²) in [4.78, 5) is 38.3. The van der Waals surface area contributed by atoms with Gasteiger partial charge < -0.3 is 15.3 Å². The predicted octanol–water partition coefficient (Wildman–Crippen LogP) is 2.66. The number of benzene rings is 1. The summed E-state index contributed by atoms with van der Waals surface area (Å²) in [5, 5.41) is 12.6. The summed E-state index contributed by atoms with van der Waals surface area (Å²) < 4.78 is 0. The van der Waals surface area contributed by atoms with Crippen LogP contribution in [0.2, 0.25) is 5.02 Å². The Labute approximate surface area is 158 Å². The molecule has 142 valence electrons. The van der Waals surface area contributed by atoms with Gasteiger partial charge in [-0.2, -0.15) is 0 Å². The zero-order valence-electron chi connectivity index (χ0n) is 15.2. The van der Waals surface area contributed by atoms with Gasteiger partial charge in [0.05, 0.1) is 5.92 Å². The summed E-state index contributed by atoms with van der Waals surface area (Å²) in [6.45, 7) is 6.35. The number of aliphatic carboxylic acids is 1. The highest BCUT2D eigenvalue weighted by Gasteiger charge is 2.39. The molecule has 2 rings (SSSR count). The molecule has 0 aromatic heterocycles. The first kappa shape index (κ1) is 20.2. The highest BCUT2D eigenvalue weighted by atomic mass is 35.5. The Balaban J connectivity index is 2.11. The van der Waals surface area contributed by atoms with Crippen LogP contribution in [0, 0.1) is 17.8 Å². The number of amides is 2. The molecule has 1 unspecified atom stereocenters. The van der Waals surface area contributed by atoms with Crippen molar-refractivity contribution in [2.45, 2.75) is 33.2 Å². The Morgan fingerprint density at radius 3 is 2.35 bits per heavy atom. The maximum atomic E-state index is 12.9. The van der Waals surface area contributed by atoms with Gasteiger partial charge >= 0.3 is 5.97 Å². The minimum Gasteiger partial charge on any atom is -0.481 e. The monoisotopic (exact) mass is 380 g/mol. The first-order valence-electron chi connectivity index (χ1n) is 8.77.